The number of amides is 1. The van der Waals surface area contributed by atoms with E-state index >= 15 is 0 Å². The molecule has 0 bridgehead atoms. The van der Waals surface area contributed by atoms with Crippen molar-refractivity contribution in [2.75, 3.05) is 45.9 Å². The zero-order valence-electron chi connectivity index (χ0n) is 19.2. The summed E-state index contributed by atoms with van der Waals surface area (Å²) in [6.45, 7) is 8.98. The molecule has 3 aliphatic rings. The van der Waals surface area contributed by atoms with E-state index in [0.29, 0.717) is 57.2 Å². The van der Waals surface area contributed by atoms with E-state index in [1.165, 1.54) is 42.7 Å². The van der Waals surface area contributed by atoms with E-state index in [2.05, 4.69) is 19.2 Å². The highest BCUT2D eigenvalue weighted by Gasteiger charge is 2.35. The molecule has 3 aliphatic heterocycles. The minimum atomic E-state index is -3.63. The fraction of sp³-hybridized carbons (Fsp3) is 0.696. The van der Waals surface area contributed by atoms with Gasteiger partial charge in [-0.3, -0.25) is 4.79 Å². The predicted molar refractivity (Wildman–Crippen MR) is 121 cm³/mol. The summed E-state index contributed by atoms with van der Waals surface area (Å²) in [5.74, 6) is 0.935. The molecule has 4 rings (SSSR count). The number of hydrogen-bond donors (Lipinski definition) is 2. The zero-order valence-corrected chi connectivity index (χ0v) is 20.0. The highest BCUT2D eigenvalue weighted by Crippen LogP contribution is 2.34. The van der Waals surface area contributed by atoms with Gasteiger partial charge in [-0.1, -0.05) is 0 Å². The zero-order chi connectivity index (χ0) is 22.8. The molecule has 1 aromatic carbocycles. The lowest BCUT2D eigenvalue weighted by atomic mass is 9.95. The van der Waals surface area contributed by atoms with Crippen molar-refractivity contribution in [2.24, 2.45) is 5.92 Å². The summed E-state index contributed by atoms with van der Waals surface area (Å²) in [5, 5.41) is 3.15. The number of likely N-dealkylation sites (tertiary alicyclic amines) is 1. The van der Waals surface area contributed by atoms with Crippen LogP contribution in [0.1, 0.15) is 46.0 Å². The fourth-order valence-electron chi connectivity index (χ4n) is 4.92. The van der Waals surface area contributed by atoms with Gasteiger partial charge < -0.3 is 19.7 Å². The van der Waals surface area contributed by atoms with Gasteiger partial charge in [0.25, 0.3) is 0 Å². The van der Waals surface area contributed by atoms with Crippen LogP contribution in [0, 0.1) is 5.92 Å². The van der Waals surface area contributed by atoms with Crippen LogP contribution in [0.15, 0.2) is 23.1 Å². The Morgan fingerprint density at radius 1 is 1.09 bits per heavy atom. The standard InChI is InChI=1S/C23H35N3O5S/c1-23(2,25-10-4-3-5-11-25)17-24-22(27)18-8-12-26(13-9-18)32(28,29)19-6-7-20-21(16-19)31-15-14-30-20/h6-7,16,18H,3-5,8-15,17H2,1-2H3,(H,24,27)/p+1. The number of nitrogens with zero attached hydrogens (tertiary/aromatic N) is 1. The molecule has 2 fully saturated rings. The van der Waals surface area contributed by atoms with E-state index in [0.717, 1.165) is 0 Å². The minimum Gasteiger partial charge on any atom is -0.486 e. The largest absolute Gasteiger partial charge is 0.486 e. The number of nitrogens with one attached hydrogen (secondary N) is 2. The number of piperidine rings is 2. The van der Waals surface area contributed by atoms with Crippen molar-refractivity contribution in [2.45, 2.75) is 56.4 Å². The molecular formula is C23H36N3O5S+. The first-order valence-electron chi connectivity index (χ1n) is 11.8. The molecule has 3 heterocycles. The van der Waals surface area contributed by atoms with Crippen LogP contribution >= 0.6 is 0 Å². The highest BCUT2D eigenvalue weighted by molar-refractivity contribution is 7.89. The monoisotopic (exact) mass is 466 g/mol. The van der Waals surface area contributed by atoms with E-state index in [1.54, 1.807) is 17.0 Å². The third kappa shape index (κ3) is 5.05. The molecule has 32 heavy (non-hydrogen) atoms. The number of rotatable bonds is 6. The SMILES string of the molecule is CC(C)(CNC(=O)C1CCN(S(=O)(=O)c2ccc3c(c2)OCCO3)CC1)[NH+]1CCCCC1. The summed E-state index contributed by atoms with van der Waals surface area (Å²) in [7, 11) is -3.63. The first-order chi connectivity index (χ1) is 15.3. The number of benzene rings is 1. The van der Waals surface area contributed by atoms with Gasteiger partial charge in [-0.25, -0.2) is 8.42 Å². The average Bonchev–Trinajstić information content (AvgIpc) is 2.83. The molecular weight excluding hydrogens is 430 g/mol. The predicted octanol–water partition coefficient (Wildman–Crippen LogP) is 0.822. The number of hydrogen-bond acceptors (Lipinski definition) is 5. The van der Waals surface area contributed by atoms with Crippen LogP contribution in [0.5, 0.6) is 11.5 Å². The minimum absolute atomic E-state index is 0.0123. The highest BCUT2D eigenvalue weighted by atomic mass is 32.2. The molecule has 2 saturated heterocycles. The topological polar surface area (TPSA) is 89.4 Å². The molecule has 178 valence electrons. The molecule has 1 aromatic rings. The molecule has 0 spiro atoms. The Morgan fingerprint density at radius 3 is 2.44 bits per heavy atom. The first kappa shape index (κ1) is 23.3. The maximum absolute atomic E-state index is 13.1. The lowest BCUT2D eigenvalue weighted by Gasteiger charge is -2.38. The Balaban J connectivity index is 1.31. The molecule has 9 heteroatoms. The molecule has 0 atom stereocenters. The molecule has 0 aromatic heterocycles. The average molecular weight is 467 g/mol. The number of ether oxygens (including phenoxy) is 2. The second kappa shape index (κ2) is 9.57. The number of carbonyl (C=O) groups is 1. The van der Waals surface area contributed by atoms with Gasteiger partial charge in [0.15, 0.2) is 11.5 Å². The van der Waals surface area contributed by atoms with Crippen molar-refractivity contribution in [3.8, 4) is 11.5 Å². The van der Waals surface area contributed by atoms with Crippen LogP contribution in [0.4, 0.5) is 0 Å². The lowest BCUT2D eigenvalue weighted by molar-refractivity contribution is -0.951. The van der Waals surface area contributed by atoms with E-state index in [-0.39, 0.29) is 22.3 Å². The number of sulfonamides is 1. The van der Waals surface area contributed by atoms with E-state index in [4.69, 9.17) is 9.47 Å². The van der Waals surface area contributed by atoms with Gasteiger partial charge in [0.05, 0.1) is 24.5 Å². The van der Waals surface area contributed by atoms with E-state index in [1.807, 2.05) is 0 Å². The molecule has 0 saturated carbocycles. The second-order valence-corrected chi connectivity index (χ2v) is 11.7. The molecule has 1 amide bonds. The Hall–Kier alpha value is -1.84. The summed E-state index contributed by atoms with van der Waals surface area (Å²) < 4.78 is 38.7. The van der Waals surface area contributed by atoms with Crippen LogP contribution < -0.4 is 19.7 Å². The van der Waals surface area contributed by atoms with Gasteiger partial charge in [0.2, 0.25) is 15.9 Å². The number of quaternary nitrogens is 1. The van der Waals surface area contributed by atoms with Crippen molar-refractivity contribution in [3.05, 3.63) is 18.2 Å². The van der Waals surface area contributed by atoms with Crippen LogP contribution in [-0.2, 0) is 14.8 Å². The molecule has 8 nitrogen and oxygen atoms in total. The van der Waals surface area contributed by atoms with E-state index < -0.39 is 10.0 Å². The Morgan fingerprint density at radius 2 is 1.75 bits per heavy atom. The fourth-order valence-corrected chi connectivity index (χ4v) is 6.41. The van der Waals surface area contributed by atoms with Crippen molar-refractivity contribution in [3.63, 3.8) is 0 Å². The third-order valence-corrected chi connectivity index (χ3v) is 8.99. The molecule has 0 unspecified atom stereocenters. The smallest absolute Gasteiger partial charge is 0.243 e. The van der Waals surface area contributed by atoms with Crippen molar-refractivity contribution in [1.29, 1.82) is 0 Å². The maximum atomic E-state index is 13.1. The molecule has 0 aliphatic carbocycles. The summed E-state index contributed by atoms with van der Waals surface area (Å²) in [5.41, 5.74) is 0.0123. The number of carbonyl (C=O) groups excluding carboxylic acids is 1. The summed E-state index contributed by atoms with van der Waals surface area (Å²) in [4.78, 5) is 14.6. The number of fused-ring (bicyclic) bond motifs is 1. The Bertz CT molecular complexity index is 920. The van der Waals surface area contributed by atoms with Gasteiger partial charge in [-0.2, -0.15) is 4.31 Å². The summed E-state index contributed by atoms with van der Waals surface area (Å²) in [6, 6.07) is 4.74. The van der Waals surface area contributed by atoms with Crippen LogP contribution in [0.25, 0.3) is 0 Å². The van der Waals surface area contributed by atoms with Crippen LogP contribution in [-0.4, -0.2) is 70.1 Å². The quantitative estimate of drug-likeness (QED) is 0.648. The Kier molecular flexibility index (Phi) is 6.97. The third-order valence-electron chi connectivity index (χ3n) is 7.09. The molecule has 0 radical (unpaired) electrons. The molecule has 2 N–H and O–H groups in total. The lowest BCUT2D eigenvalue weighted by Crippen LogP contribution is -3.20. The second-order valence-electron chi connectivity index (χ2n) is 9.75. The van der Waals surface area contributed by atoms with Gasteiger partial charge in [0, 0.05) is 25.1 Å². The van der Waals surface area contributed by atoms with Crippen LogP contribution in [0.2, 0.25) is 0 Å². The van der Waals surface area contributed by atoms with Crippen molar-refractivity contribution >= 4 is 15.9 Å². The van der Waals surface area contributed by atoms with Gasteiger partial charge in [0.1, 0.15) is 18.8 Å². The van der Waals surface area contributed by atoms with Crippen molar-refractivity contribution < 1.29 is 27.6 Å². The first-order valence-corrected chi connectivity index (χ1v) is 13.2. The van der Waals surface area contributed by atoms with E-state index in [9.17, 15) is 13.2 Å². The van der Waals surface area contributed by atoms with Crippen molar-refractivity contribution in [1.82, 2.24) is 9.62 Å². The van der Waals surface area contributed by atoms with Gasteiger partial charge in [-0.05, 0) is 58.1 Å². The Labute approximate surface area is 191 Å². The maximum Gasteiger partial charge on any atom is 0.243 e. The normalized spacial score (nSPS) is 21.3. The van der Waals surface area contributed by atoms with Crippen LogP contribution in [0.3, 0.4) is 0 Å². The van der Waals surface area contributed by atoms with Gasteiger partial charge >= 0.3 is 0 Å². The summed E-state index contributed by atoms with van der Waals surface area (Å²) in [6.07, 6.45) is 4.88. The van der Waals surface area contributed by atoms with Gasteiger partial charge in [-0.15, -0.1) is 0 Å². The summed E-state index contributed by atoms with van der Waals surface area (Å²) >= 11 is 0.